The van der Waals surface area contributed by atoms with Gasteiger partial charge in [-0.1, -0.05) is 12.1 Å². The molecule has 0 bridgehead atoms. The van der Waals surface area contributed by atoms with Crippen LogP contribution in [0, 0.1) is 0 Å². The highest BCUT2D eigenvalue weighted by atomic mass is 16.3. The lowest BCUT2D eigenvalue weighted by atomic mass is 10.0. The summed E-state index contributed by atoms with van der Waals surface area (Å²) in [6.45, 7) is 4.93. The van der Waals surface area contributed by atoms with Gasteiger partial charge in [0.15, 0.2) is 0 Å². The number of H-pyrrole nitrogens is 1. The van der Waals surface area contributed by atoms with E-state index in [1.54, 1.807) is 0 Å². The Hall–Kier alpha value is -1.59. The third-order valence-electron chi connectivity index (χ3n) is 4.64. The van der Waals surface area contributed by atoms with E-state index in [9.17, 15) is 9.90 Å². The van der Waals surface area contributed by atoms with E-state index in [4.69, 9.17) is 0 Å². The van der Waals surface area contributed by atoms with Gasteiger partial charge < -0.3 is 15.0 Å². The number of hydrogen-bond acceptors (Lipinski definition) is 3. The predicted molar refractivity (Wildman–Crippen MR) is 88.2 cm³/mol. The molecule has 1 aromatic heterocycles. The van der Waals surface area contributed by atoms with Crippen molar-refractivity contribution in [2.75, 3.05) is 19.6 Å². The quantitative estimate of drug-likeness (QED) is 0.889. The Balaban J connectivity index is 1.63. The van der Waals surface area contributed by atoms with Crippen LogP contribution in [0.25, 0.3) is 11.0 Å². The fourth-order valence-electron chi connectivity index (χ4n) is 3.45. The highest BCUT2D eigenvalue weighted by Gasteiger charge is 2.23. The van der Waals surface area contributed by atoms with Crippen LogP contribution in [-0.4, -0.2) is 45.3 Å². The van der Waals surface area contributed by atoms with Gasteiger partial charge >= 0.3 is 5.69 Å². The molecule has 0 spiro atoms. The molecule has 1 aromatic carbocycles. The highest BCUT2D eigenvalue weighted by molar-refractivity contribution is 5.75. The van der Waals surface area contributed by atoms with E-state index in [-0.39, 0.29) is 17.8 Å². The van der Waals surface area contributed by atoms with E-state index in [2.05, 4.69) is 9.88 Å². The molecule has 5 nitrogen and oxygen atoms in total. The predicted octanol–water partition coefficient (Wildman–Crippen LogP) is 2.13. The van der Waals surface area contributed by atoms with Gasteiger partial charge in [0.1, 0.15) is 0 Å². The summed E-state index contributed by atoms with van der Waals surface area (Å²) < 4.78 is 1.93. The molecular formula is C17H25N3O2. The Morgan fingerprint density at radius 3 is 2.77 bits per heavy atom. The maximum atomic E-state index is 12.2. The second kappa shape index (κ2) is 6.67. The third kappa shape index (κ3) is 3.25. The van der Waals surface area contributed by atoms with Crippen LogP contribution in [0.5, 0.6) is 0 Å². The number of para-hydroxylation sites is 2. The number of benzene rings is 1. The summed E-state index contributed by atoms with van der Waals surface area (Å²) in [4.78, 5) is 17.6. The van der Waals surface area contributed by atoms with E-state index >= 15 is 0 Å². The number of imidazole rings is 1. The number of fused-ring (bicyclic) bond motifs is 1. The molecule has 1 aliphatic rings. The van der Waals surface area contributed by atoms with Crippen molar-refractivity contribution in [3.63, 3.8) is 0 Å². The summed E-state index contributed by atoms with van der Waals surface area (Å²) in [7, 11) is 0. The Labute approximate surface area is 130 Å². The lowest BCUT2D eigenvalue weighted by Gasteiger charge is -2.32. The summed E-state index contributed by atoms with van der Waals surface area (Å²) in [5.74, 6) is 0. The van der Waals surface area contributed by atoms with Crippen LogP contribution in [0.2, 0.25) is 0 Å². The Bertz CT molecular complexity index is 666. The van der Waals surface area contributed by atoms with Gasteiger partial charge in [0.2, 0.25) is 0 Å². The smallest absolute Gasteiger partial charge is 0.326 e. The number of aromatic nitrogens is 2. The second-order valence-corrected chi connectivity index (χ2v) is 6.38. The Morgan fingerprint density at radius 2 is 2.05 bits per heavy atom. The number of aromatic amines is 1. The second-order valence-electron chi connectivity index (χ2n) is 6.38. The van der Waals surface area contributed by atoms with E-state index in [1.165, 1.54) is 0 Å². The summed E-state index contributed by atoms with van der Waals surface area (Å²) in [5, 5.41) is 9.32. The van der Waals surface area contributed by atoms with Gasteiger partial charge in [-0.2, -0.15) is 0 Å². The minimum Gasteiger partial charge on any atom is -0.393 e. The van der Waals surface area contributed by atoms with Gasteiger partial charge in [0.05, 0.1) is 17.1 Å². The van der Waals surface area contributed by atoms with Crippen LogP contribution in [0.4, 0.5) is 0 Å². The number of aliphatic hydroxyl groups excluding tert-OH is 1. The zero-order chi connectivity index (χ0) is 15.5. The van der Waals surface area contributed by atoms with Crippen molar-refractivity contribution in [2.45, 2.75) is 44.8 Å². The highest BCUT2D eigenvalue weighted by Crippen LogP contribution is 2.24. The van der Waals surface area contributed by atoms with Gasteiger partial charge in [-0.3, -0.25) is 4.57 Å². The number of nitrogens with one attached hydrogen (secondary N) is 1. The van der Waals surface area contributed by atoms with Gasteiger partial charge in [-0.05, 0) is 51.3 Å². The molecule has 1 atom stereocenters. The number of hydrogen-bond donors (Lipinski definition) is 2. The number of likely N-dealkylation sites (tertiary alicyclic amines) is 1. The first kappa shape index (κ1) is 15.3. The van der Waals surface area contributed by atoms with E-state index in [0.717, 1.165) is 56.4 Å². The molecule has 1 saturated heterocycles. The molecular weight excluding hydrogens is 278 g/mol. The maximum absolute atomic E-state index is 12.2. The molecule has 2 heterocycles. The minimum atomic E-state index is -0.206. The van der Waals surface area contributed by atoms with Gasteiger partial charge in [-0.15, -0.1) is 0 Å². The number of nitrogens with zero attached hydrogens (tertiary/aromatic N) is 2. The molecule has 2 N–H and O–H groups in total. The molecule has 1 fully saturated rings. The lowest BCUT2D eigenvalue weighted by molar-refractivity contribution is 0.153. The summed E-state index contributed by atoms with van der Waals surface area (Å²) >= 11 is 0. The summed E-state index contributed by atoms with van der Waals surface area (Å²) in [5.41, 5.74) is 1.95. The molecule has 3 rings (SSSR count). The lowest BCUT2D eigenvalue weighted by Crippen LogP contribution is -2.37. The molecule has 0 radical (unpaired) electrons. The van der Waals surface area contributed by atoms with Crippen LogP contribution in [-0.2, 0) is 0 Å². The van der Waals surface area contributed by atoms with Gasteiger partial charge in [0, 0.05) is 19.1 Å². The molecule has 1 unspecified atom stereocenters. The average molecular weight is 303 g/mol. The van der Waals surface area contributed by atoms with Crippen LogP contribution in [0.15, 0.2) is 29.1 Å². The summed E-state index contributed by atoms with van der Waals surface area (Å²) in [6.07, 6.45) is 3.71. The van der Waals surface area contributed by atoms with E-state index < -0.39 is 0 Å². The van der Waals surface area contributed by atoms with Crippen LogP contribution >= 0.6 is 0 Å². The maximum Gasteiger partial charge on any atom is 0.326 e. The number of aliphatic hydroxyl groups is 1. The fourth-order valence-corrected chi connectivity index (χ4v) is 3.45. The zero-order valence-electron chi connectivity index (χ0n) is 13.2. The fraction of sp³-hybridized carbons (Fsp3) is 0.588. The first-order valence-corrected chi connectivity index (χ1v) is 8.25. The van der Waals surface area contributed by atoms with Crippen molar-refractivity contribution in [3.8, 4) is 0 Å². The van der Waals surface area contributed by atoms with Gasteiger partial charge in [0.25, 0.3) is 0 Å². The van der Waals surface area contributed by atoms with Crippen molar-refractivity contribution in [3.05, 3.63) is 34.7 Å². The topological polar surface area (TPSA) is 61.3 Å². The largest absolute Gasteiger partial charge is 0.393 e. The first-order valence-electron chi connectivity index (χ1n) is 8.25. The molecule has 22 heavy (non-hydrogen) atoms. The van der Waals surface area contributed by atoms with Crippen molar-refractivity contribution >= 4 is 11.0 Å². The Morgan fingerprint density at radius 1 is 1.32 bits per heavy atom. The average Bonchev–Trinajstić information content (AvgIpc) is 2.83. The molecule has 5 heteroatoms. The van der Waals surface area contributed by atoms with Gasteiger partial charge in [-0.25, -0.2) is 4.79 Å². The Kier molecular flexibility index (Phi) is 4.64. The first-order chi connectivity index (χ1) is 10.6. The van der Waals surface area contributed by atoms with Crippen LogP contribution in [0.1, 0.15) is 38.6 Å². The van der Waals surface area contributed by atoms with E-state index in [1.807, 2.05) is 35.8 Å². The van der Waals surface area contributed by atoms with Crippen molar-refractivity contribution in [2.24, 2.45) is 0 Å². The number of piperidine rings is 1. The van der Waals surface area contributed by atoms with Crippen molar-refractivity contribution in [1.29, 1.82) is 0 Å². The third-order valence-corrected chi connectivity index (χ3v) is 4.64. The zero-order valence-corrected chi connectivity index (χ0v) is 13.2. The SMILES string of the molecule is CC(O)CCCN1CCC(n2c(=O)[nH]c3ccccc32)CC1. The normalized spacial score (nSPS) is 18.8. The molecule has 0 aliphatic carbocycles. The minimum absolute atomic E-state index is 0.00811. The molecule has 120 valence electrons. The molecule has 0 amide bonds. The molecule has 0 saturated carbocycles. The van der Waals surface area contributed by atoms with Crippen LogP contribution in [0.3, 0.4) is 0 Å². The molecule has 2 aromatic rings. The van der Waals surface area contributed by atoms with Crippen molar-refractivity contribution < 1.29 is 5.11 Å². The van der Waals surface area contributed by atoms with Crippen LogP contribution < -0.4 is 5.69 Å². The van der Waals surface area contributed by atoms with E-state index in [0.29, 0.717) is 0 Å². The summed E-state index contributed by atoms with van der Waals surface area (Å²) in [6, 6.07) is 8.20. The monoisotopic (exact) mass is 303 g/mol. The number of rotatable bonds is 5. The van der Waals surface area contributed by atoms with Crippen molar-refractivity contribution in [1.82, 2.24) is 14.5 Å². The standard InChI is InChI=1S/C17H25N3O2/c1-13(21)5-4-10-19-11-8-14(9-12-19)20-16-7-3-2-6-15(16)18-17(20)22/h2-3,6-7,13-14,21H,4-5,8-12H2,1H3,(H,18,22). The molecule has 1 aliphatic heterocycles.